The van der Waals surface area contributed by atoms with Gasteiger partial charge in [0.1, 0.15) is 17.5 Å². The highest BCUT2D eigenvalue weighted by Gasteiger charge is 2.78. The standard InChI is InChI=1S/C27H40O4/c1-16(28)26-10-6-5-7-18(26)13-22-20-14-23-27(31-23)15-19(30-17(2)29)8-11-25(27,4)21(20)9-12-24(22,26)3/h18-23H,5-15H2,1-4H3/t18-,19-,20+,21-,22+,23-,24-,25+,26-,27-/m0/s1. The maximum absolute atomic E-state index is 13.2. The number of fused-ring (bicyclic) bond motifs is 6. The van der Waals surface area contributed by atoms with Gasteiger partial charge in [-0.2, -0.15) is 0 Å². The highest BCUT2D eigenvalue weighted by Crippen LogP contribution is 2.77. The van der Waals surface area contributed by atoms with E-state index in [4.69, 9.17) is 9.47 Å². The van der Waals surface area contributed by atoms with Crippen molar-refractivity contribution in [2.24, 2.45) is 39.9 Å². The van der Waals surface area contributed by atoms with Crippen LogP contribution < -0.4 is 0 Å². The highest BCUT2D eigenvalue weighted by molar-refractivity contribution is 5.84. The van der Waals surface area contributed by atoms with Crippen molar-refractivity contribution in [1.82, 2.24) is 0 Å². The van der Waals surface area contributed by atoms with Gasteiger partial charge in [0, 0.05) is 24.2 Å². The molecule has 6 rings (SSSR count). The predicted molar refractivity (Wildman–Crippen MR) is 117 cm³/mol. The van der Waals surface area contributed by atoms with Gasteiger partial charge in [-0.1, -0.05) is 26.7 Å². The van der Waals surface area contributed by atoms with Gasteiger partial charge < -0.3 is 9.47 Å². The Hall–Kier alpha value is -0.900. The van der Waals surface area contributed by atoms with Crippen LogP contribution in [0.3, 0.4) is 0 Å². The number of carbonyl (C=O) groups excluding carboxylic acids is 2. The summed E-state index contributed by atoms with van der Waals surface area (Å²) in [5.41, 5.74) is 0.235. The van der Waals surface area contributed by atoms with E-state index in [2.05, 4.69) is 13.8 Å². The zero-order valence-corrected chi connectivity index (χ0v) is 19.9. The number of ether oxygens (including phenoxy) is 2. The van der Waals surface area contributed by atoms with Crippen LogP contribution in [0.4, 0.5) is 0 Å². The van der Waals surface area contributed by atoms with E-state index < -0.39 is 0 Å². The maximum atomic E-state index is 13.2. The van der Waals surface area contributed by atoms with Crippen molar-refractivity contribution >= 4 is 11.8 Å². The van der Waals surface area contributed by atoms with Crippen LogP contribution >= 0.6 is 0 Å². The molecule has 0 unspecified atom stereocenters. The fraction of sp³-hybridized carbons (Fsp3) is 0.926. The average Bonchev–Trinajstić information content (AvgIpc) is 3.33. The Bertz CT molecular complexity index is 822. The van der Waals surface area contributed by atoms with Crippen molar-refractivity contribution in [3.63, 3.8) is 0 Å². The molecule has 0 aromatic heterocycles. The third-order valence-corrected chi connectivity index (χ3v) is 12.0. The topological polar surface area (TPSA) is 55.9 Å². The van der Waals surface area contributed by atoms with Crippen LogP contribution in [0.5, 0.6) is 0 Å². The first-order valence-electron chi connectivity index (χ1n) is 13.0. The molecule has 0 N–H and O–H groups in total. The molecule has 1 spiro atoms. The second kappa shape index (κ2) is 6.36. The van der Waals surface area contributed by atoms with Gasteiger partial charge in [-0.15, -0.1) is 0 Å². The Morgan fingerprint density at radius 1 is 0.903 bits per heavy atom. The van der Waals surface area contributed by atoms with Crippen molar-refractivity contribution in [1.29, 1.82) is 0 Å². The largest absolute Gasteiger partial charge is 0.462 e. The second-order valence-electron chi connectivity index (χ2n) is 12.7. The normalized spacial score (nSPS) is 56.9. The number of Topliss-reactive ketones (excluding diaryl/α,β-unsaturated/α-hetero) is 1. The molecule has 1 saturated heterocycles. The molecule has 172 valence electrons. The quantitative estimate of drug-likeness (QED) is 0.432. The van der Waals surface area contributed by atoms with E-state index in [0.29, 0.717) is 35.6 Å². The molecule has 6 aliphatic rings. The average molecular weight is 429 g/mol. The van der Waals surface area contributed by atoms with Crippen molar-refractivity contribution in [3.8, 4) is 0 Å². The molecule has 4 heteroatoms. The van der Waals surface area contributed by atoms with Crippen molar-refractivity contribution < 1.29 is 19.1 Å². The summed E-state index contributed by atoms with van der Waals surface area (Å²) in [5.74, 6) is 2.98. The van der Waals surface area contributed by atoms with Crippen molar-refractivity contribution in [2.75, 3.05) is 0 Å². The molecule has 1 aliphatic heterocycles. The Balaban J connectivity index is 1.33. The van der Waals surface area contributed by atoms with Gasteiger partial charge in [0.05, 0.1) is 6.10 Å². The number of carbonyl (C=O) groups is 2. The Morgan fingerprint density at radius 2 is 1.68 bits per heavy atom. The fourth-order valence-corrected chi connectivity index (χ4v) is 10.8. The minimum Gasteiger partial charge on any atom is -0.462 e. The number of epoxide rings is 1. The van der Waals surface area contributed by atoms with E-state index in [1.54, 1.807) is 0 Å². The first-order valence-corrected chi connectivity index (χ1v) is 13.0. The Morgan fingerprint density at radius 3 is 2.42 bits per heavy atom. The molecular formula is C27H40O4. The third kappa shape index (κ3) is 2.36. The Labute approximate surface area is 187 Å². The molecular weight excluding hydrogens is 388 g/mol. The lowest BCUT2D eigenvalue weighted by molar-refractivity contribution is -0.163. The molecule has 0 aromatic rings. The zero-order chi connectivity index (χ0) is 21.8. The molecule has 0 aromatic carbocycles. The van der Waals surface area contributed by atoms with E-state index in [0.717, 1.165) is 32.1 Å². The molecule has 6 fully saturated rings. The molecule has 10 atom stereocenters. The van der Waals surface area contributed by atoms with Crippen LogP contribution in [0.25, 0.3) is 0 Å². The summed E-state index contributed by atoms with van der Waals surface area (Å²) < 4.78 is 12.2. The minimum absolute atomic E-state index is 0.0244. The van der Waals surface area contributed by atoms with Gasteiger partial charge in [0.25, 0.3) is 0 Å². The van der Waals surface area contributed by atoms with Crippen molar-refractivity contribution in [2.45, 2.75) is 116 Å². The number of rotatable bonds is 2. The second-order valence-corrected chi connectivity index (χ2v) is 12.7. The van der Waals surface area contributed by atoms with Gasteiger partial charge in [0.2, 0.25) is 0 Å². The van der Waals surface area contributed by atoms with Crippen LogP contribution in [0.15, 0.2) is 0 Å². The summed E-state index contributed by atoms with van der Waals surface area (Å²) in [7, 11) is 0. The van der Waals surface area contributed by atoms with E-state index >= 15 is 0 Å². The lowest BCUT2D eigenvalue weighted by Gasteiger charge is -2.61. The molecule has 1 heterocycles. The predicted octanol–water partition coefficient (Wildman–Crippen LogP) is 5.47. The molecule has 31 heavy (non-hydrogen) atoms. The summed E-state index contributed by atoms with van der Waals surface area (Å²) in [6.07, 6.45) is 13.1. The molecule has 0 bridgehead atoms. The van der Waals surface area contributed by atoms with E-state index in [-0.39, 0.29) is 33.9 Å². The Kier molecular flexibility index (Phi) is 4.25. The fourth-order valence-electron chi connectivity index (χ4n) is 10.8. The molecule has 0 radical (unpaired) electrons. The van der Waals surface area contributed by atoms with E-state index in [9.17, 15) is 9.59 Å². The summed E-state index contributed by atoms with van der Waals surface area (Å²) in [6.45, 7) is 8.45. The SMILES string of the molecule is CC(=O)O[C@H]1CC[C@]2(C)[C@H]3CC[C@@]4(C)[C@H](C[C@@H]5CCCC[C@]54C(C)=O)[C@@H]3C[C@@H]3O[C@@]32C1. The summed E-state index contributed by atoms with van der Waals surface area (Å²) in [5, 5.41) is 0. The minimum atomic E-state index is -0.160. The summed E-state index contributed by atoms with van der Waals surface area (Å²) in [6, 6.07) is 0. The number of hydrogen-bond acceptors (Lipinski definition) is 4. The van der Waals surface area contributed by atoms with Gasteiger partial charge in [-0.3, -0.25) is 9.59 Å². The zero-order valence-electron chi connectivity index (χ0n) is 19.9. The van der Waals surface area contributed by atoms with Crippen LogP contribution in [-0.2, 0) is 19.1 Å². The molecule has 5 aliphatic carbocycles. The number of esters is 1. The first-order chi connectivity index (χ1) is 14.7. The van der Waals surface area contributed by atoms with Gasteiger partial charge >= 0.3 is 5.97 Å². The maximum Gasteiger partial charge on any atom is 0.302 e. The van der Waals surface area contributed by atoms with Crippen molar-refractivity contribution in [3.05, 3.63) is 0 Å². The monoisotopic (exact) mass is 428 g/mol. The number of ketones is 1. The van der Waals surface area contributed by atoms with Gasteiger partial charge in [-0.05, 0) is 87.4 Å². The summed E-state index contributed by atoms with van der Waals surface area (Å²) >= 11 is 0. The van der Waals surface area contributed by atoms with Crippen LogP contribution in [0.2, 0.25) is 0 Å². The lowest BCUT2D eigenvalue weighted by Crippen LogP contribution is -2.60. The number of hydrogen-bond donors (Lipinski definition) is 0. The smallest absolute Gasteiger partial charge is 0.302 e. The van der Waals surface area contributed by atoms with E-state index in [1.165, 1.54) is 45.4 Å². The summed E-state index contributed by atoms with van der Waals surface area (Å²) in [4.78, 5) is 24.8. The van der Waals surface area contributed by atoms with Gasteiger partial charge in [-0.25, -0.2) is 0 Å². The van der Waals surface area contributed by atoms with Crippen LogP contribution in [0, 0.1) is 39.9 Å². The lowest BCUT2D eigenvalue weighted by atomic mass is 9.42. The van der Waals surface area contributed by atoms with Crippen LogP contribution in [0.1, 0.15) is 98.3 Å². The first kappa shape index (κ1) is 20.7. The highest BCUT2D eigenvalue weighted by atomic mass is 16.6. The van der Waals surface area contributed by atoms with Gasteiger partial charge in [0.15, 0.2) is 0 Å². The molecule has 5 saturated carbocycles. The molecule has 0 amide bonds. The molecule has 4 nitrogen and oxygen atoms in total. The van der Waals surface area contributed by atoms with Crippen LogP contribution in [-0.4, -0.2) is 29.6 Å². The van der Waals surface area contributed by atoms with E-state index in [1.807, 2.05) is 6.92 Å². The third-order valence-electron chi connectivity index (χ3n) is 12.0.